The quantitative estimate of drug-likeness (QED) is 0.473. The second-order valence-corrected chi connectivity index (χ2v) is 6.87. The van der Waals surface area contributed by atoms with Gasteiger partial charge in [-0.3, -0.25) is 4.79 Å². The van der Waals surface area contributed by atoms with E-state index in [0.717, 1.165) is 5.56 Å². The van der Waals surface area contributed by atoms with Gasteiger partial charge in [-0.1, -0.05) is 17.3 Å². The molecule has 0 spiro atoms. The van der Waals surface area contributed by atoms with Crippen LogP contribution in [0.4, 0.5) is 5.69 Å². The third kappa shape index (κ3) is 3.35. The number of fused-ring (bicyclic) bond motifs is 1. The van der Waals surface area contributed by atoms with Crippen LogP contribution in [0.2, 0.25) is 0 Å². The van der Waals surface area contributed by atoms with Crippen LogP contribution in [-0.2, 0) is 6.54 Å². The summed E-state index contributed by atoms with van der Waals surface area (Å²) >= 11 is 0. The summed E-state index contributed by atoms with van der Waals surface area (Å²) in [5, 5.41) is 7.52. The number of carbonyl (C=O) groups is 1. The minimum absolute atomic E-state index is 0.277. The molecule has 8 nitrogen and oxygen atoms in total. The van der Waals surface area contributed by atoms with Crippen LogP contribution in [0.25, 0.3) is 22.6 Å². The van der Waals surface area contributed by atoms with Gasteiger partial charge in [-0.25, -0.2) is 9.97 Å². The average Bonchev–Trinajstić information content (AvgIpc) is 3.50. The van der Waals surface area contributed by atoms with Crippen molar-refractivity contribution >= 4 is 22.7 Å². The molecule has 1 amide bonds. The normalized spacial score (nSPS) is 11.1. The van der Waals surface area contributed by atoms with E-state index >= 15 is 0 Å². The van der Waals surface area contributed by atoms with E-state index in [1.807, 2.05) is 35.0 Å². The highest BCUT2D eigenvalue weighted by molar-refractivity contribution is 6.13. The van der Waals surface area contributed by atoms with Crippen molar-refractivity contribution in [3.05, 3.63) is 84.3 Å². The number of anilines is 1. The number of aromatic nitrogens is 4. The summed E-state index contributed by atoms with van der Waals surface area (Å²) in [6.07, 6.45) is 6.93. The summed E-state index contributed by atoms with van der Waals surface area (Å²) in [6, 6.07) is 12.9. The van der Waals surface area contributed by atoms with Crippen molar-refractivity contribution in [2.24, 2.45) is 0 Å². The number of imidazole rings is 1. The van der Waals surface area contributed by atoms with Gasteiger partial charge in [0.2, 0.25) is 0 Å². The second kappa shape index (κ2) is 7.32. The molecule has 0 bridgehead atoms. The maximum Gasteiger partial charge on any atom is 0.259 e. The molecule has 0 saturated carbocycles. The monoisotopic (exact) mass is 399 g/mol. The van der Waals surface area contributed by atoms with E-state index in [1.54, 1.807) is 43.9 Å². The van der Waals surface area contributed by atoms with Crippen LogP contribution in [0.3, 0.4) is 0 Å². The summed E-state index contributed by atoms with van der Waals surface area (Å²) in [4.78, 5) is 21.7. The molecule has 0 aliphatic heterocycles. The van der Waals surface area contributed by atoms with Crippen LogP contribution in [0.1, 0.15) is 21.6 Å². The zero-order valence-electron chi connectivity index (χ0n) is 16.1. The highest BCUT2D eigenvalue weighted by Gasteiger charge is 2.20. The minimum atomic E-state index is -0.277. The number of nitrogens with one attached hydrogen (secondary N) is 1. The Morgan fingerprint density at radius 2 is 2.13 bits per heavy atom. The average molecular weight is 399 g/mol. The lowest BCUT2D eigenvalue weighted by Crippen LogP contribution is -2.13. The van der Waals surface area contributed by atoms with Crippen LogP contribution in [0.5, 0.6) is 0 Å². The Labute approximate surface area is 171 Å². The fraction of sp³-hybridized carbons (Fsp3) is 0.0909. The fourth-order valence-electron chi connectivity index (χ4n) is 3.36. The summed E-state index contributed by atoms with van der Waals surface area (Å²) < 4.78 is 12.7. The molecule has 4 heterocycles. The molecule has 30 heavy (non-hydrogen) atoms. The molecule has 4 aromatic heterocycles. The first-order chi connectivity index (χ1) is 14.7. The molecule has 148 valence electrons. The number of rotatable bonds is 5. The molecule has 0 atom stereocenters. The molecule has 0 aliphatic carbocycles. The summed E-state index contributed by atoms with van der Waals surface area (Å²) in [6.45, 7) is 2.44. The topological polar surface area (TPSA) is 99.0 Å². The van der Waals surface area contributed by atoms with Gasteiger partial charge >= 0.3 is 0 Å². The van der Waals surface area contributed by atoms with Crippen molar-refractivity contribution < 1.29 is 13.7 Å². The van der Waals surface area contributed by atoms with Crippen molar-refractivity contribution in [1.82, 2.24) is 19.7 Å². The van der Waals surface area contributed by atoms with E-state index in [9.17, 15) is 4.79 Å². The Kier molecular flexibility index (Phi) is 4.36. The van der Waals surface area contributed by atoms with E-state index < -0.39 is 0 Å². The van der Waals surface area contributed by atoms with Gasteiger partial charge in [0.25, 0.3) is 11.6 Å². The van der Waals surface area contributed by atoms with Gasteiger partial charge in [0.05, 0.1) is 29.2 Å². The summed E-state index contributed by atoms with van der Waals surface area (Å²) in [5.41, 5.74) is 3.55. The number of amides is 1. The first-order valence-corrected chi connectivity index (χ1v) is 9.34. The third-order valence-corrected chi connectivity index (χ3v) is 4.74. The third-order valence-electron chi connectivity index (χ3n) is 4.74. The van der Waals surface area contributed by atoms with Gasteiger partial charge in [-0.05, 0) is 42.8 Å². The Morgan fingerprint density at radius 3 is 2.93 bits per heavy atom. The molecule has 5 rings (SSSR count). The van der Waals surface area contributed by atoms with E-state index in [0.29, 0.717) is 46.0 Å². The first-order valence-electron chi connectivity index (χ1n) is 9.34. The van der Waals surface area contributed by atoms with Crippen molar-refractivity contribution in [2.75, 3.05) is 5.32 Å². The molecule has 0 aliphatic rings. The van der Waals surface area contributed by atoms with Crippen LogP contribution in [0.15, 0.2) is 76.4 Å². The Morgan fingerprint density at radius 1 is 1.20 bits per heavy atom. The predicted molar refractivity (Wildman–Crippen MR) is 110 cm³/mol. The van der Waals surface area contributed by atoms with Crippen molar-refractivity contribution in [3.8, 4) is 11.5 Å². The maximum absolute atomic E-state index is 13.2. The van der Waals surface area contributed by atoms with Gasteiger partial charge in [0, 0.05) is 24.6 Å². The van der Waals surface area contributed by atoms with Gasteiger partial charge in [-0.2, -0.15) is 0 Å². The van der Waals surface area contributed by atoms with Crippen LogP contribution >= 0.6 is 0 Å². The molecule has 0 radical (unpaired) electrons. The van der Waals surface area contributed by atoms with Crippen LogP contribution in [0, 0.1) is 6.92 Å². The van der Waals surface area contributed by atoms with Crippen LogP contribution in [-0.4, -0.2) is 25.6 Å². The van der Waals surface area contributed by atoms with Crippen molar-refractivity contribution in [3.63, 3.8) is 0 Å². The number of nitrogens with zero attached hydrogens (tertiary/aromatic N) is 4. The van der Waals surface area contributed by atoms with Gasteiger partial charge in [-0.15, -0.1) is 0 Å². The van der Waals surface area contributed by atoms with Gasteiger partial charge in [0.1, 0.15) is 5.69 Å². The summed E-state index contributed by atoms with van der Waals surface area (Å²) in [5.74, 6) is 0.267. The Hall–Kier alpha value is -4.20. The zero-order chi connectivity index (χ0) is 20.5. The molecular formula is C22H17N5O3. The summed E-state index contributed by atoms with van der Waals surface area (Å²) in [7, 11) is 0. The predicted octanol–water partition coefficient (Wildman–Crippen LogP) is 4.29. The largest absolute Gasteiger partial charge is 0.463 e. The number of carbonyl (C=O) groups excluding carboxylic acids is 1. The molecule has 0 saturated heterocycles. The first kappa shape index (κ1) is 17.9. The maximum atomic E-state index is 13.2. The molecule has 5 aromatic rings. The zero-order valence-corrected chi connectivity index (χ0v) is 16.1. The van der Waals surface area contributed by atoms with E-state index in [1.165, 1.54) is 0 Å². The lowest BCUT2D eigenvalue weighted by atomic mass is 10.1. The smallest absolute Gasteiger partial charge is 0.259 e. The highest BCUT2D eigenvalue weighted by atomic mass is 16.5. The number of benzene rings is 1. The highest BCUT2D eigenvalue weighted by Crippen LogP contribution is 2.28. The second-order valence-electron chi connectivity index (χ2n) is 6.87. The number of hydrogen-bond donors (Lipinski definition) is 1. The Balaban J connectivity index is 1.48. The van der Waals surface area contributed by atoms with Gasteiger partial charge < -0.3 is 18.8 Å². The van der Waals surface area contributed by atoms with Crippen molar-refractivity contribution in [2.45, 2.75) is 13.5 Å². The minimum Gasteiger partial charge on any atom is -0.463 e. The molecule has 1 N–H and O–H groups in total. The molecule has 1 aromatic carbocycles. The number of furan rings is 1. The molecule has 0 fully saturated rings. The molecule has 8 heteroatoms. The molecular weight excluding hydrogens is 382 g/mol. The lowest BCUT2D eigenvalue weighted by molar-refractivity contribution is 0.102. The standard InChI is InChI=1S/C22H17N5O3/c1-14-20-17(11-18(19-6-3-9-29-19)25-22(20)30-26-14)21(28)24-16-5-2-4-15(10-16)12-27-8-7-23-13-27/h2-11,13H,12H2,1H3,(H,24,28). The van der Waals surface area contributed by atoms with E-state index in [-0.39, 0.29) is 5.91 Å². The van der Waals surface area contributed by atoms with E-state index in [4.69, 9.17) is 8.94 Å². The SMILES string of the molecule is Cc1noc2nc(-c3ccco3)cc(C(=O)Nc3cccc(Cn4ccnc4)c3)c12. The lowest BCUT2D eigenvalue weighted by Gasteiger charge is -2.09. The number of hydrogen-bond acceptors (Lipinski definition) is 6. The Bertz CT molecular complexity index is 1320. The number of aryl methyl sites for hydroxylation is 1. The van der Waals surface area contributed by atoms with Crippen LogP contribution < -0.4 is 5.32 Å². The van der Waals surface area contributed by atoms with Crippen molar-refractivity contribution in [1.29, 1.82) is 0 Å². The molecule has 0 unspecified atom stereocenters. The van der Waals surface area contributed by atoms with Gasteiger partial charge in [0.15, 0.2) is 5.76 Å². The van der Waals surface area contributed by atoms with E-state index in [2.05, 4.69) is 20.4 Å². The fourth-order valence-corrected chi connectivity index (χ4v) is 3.36. The number of pyridine rings is 1.